The Morgan fingerprint density at radius 2 is 1.17 bits per heavy atom. The molecule has 1 N–H and O–H groups in total. The monoisotopic (exact) mass is 823 g/mol. The Labute approximate surface area is 371 Å². The van der Waals surface area contributed by atoms with Crippen LogP contribution >= 0.6 is 0 Å². The highest BCUT2D eigenvalue weighted by Crippen LogP contribution is 2.58. The summed E-state index contributed by atoms with van der Waals surface area (Å²) in [5, 5.41) is 2.43. The van der Waals surface area contributed by atoms with E-state index in [1.54, 1.807) is 0 Å². The number of rotatable bonds is 6. The maximum atomic E-state index is 5.15. The van der Waals surface area contributed by atoms with E-state index in [1.165, 1.54) is 33.4 Å². The molecule has 0 spiro atoms. The second-order valence-corrected chi connectivity index (χ2v) is 16.8. The maximum absolute atomic E-state index is 5.15. The smallest absolute Gasteiger partial charge is 0.164 e. The van der Waals surface area contributed by atoms with Crippen LogP contribution in [0.1, 0.15) is 24.3 Å². The number of nitrogens with one attached hydrogen (secondary N) is 1. The van der Waals surface area contributed by atoms with Crippen molar-refractivity contribution in [1.82, 2.24) is 19.9 Å². The van der Waals surface area contributed by atoms with Crippen molar-refractivity contribution < 1.29 is 0 Å². The molecule has 4 aliphatic rings. The molecule has 0 bridgehead atoms. The highest BCUT2D eigenvalue weighted by molar-refractivity contribution is 6.16. The first kappa shape index (κ1) is 36.4. The molecular formula is C57H41N7. The molecule has 9 aromatic rings. The predicted molar refractivity (Wildman–Crippen MR) is 261 cm³/mol. The number of aromatic nitrogens is 4. The van der Waals surface area contributed by atoms with E-state index >= 15 is 0 Å². The van der Waals surface area contributed by atoms with Crippen LogP contribution in [0, 0.1) is 0 Å². The predicted octanol–water partition coefficient (Wildman–Crippen LogP) is 13.8. The lowest BCUT2D eigenvalue weighted by Crippen LogP contribution is -2.46. The summed E-state index contributed by atoms with van der Waals surface area (Å²) in [6, 6.07) is 62.1. The summed E-state index contributed by atoms with van der Waals surface area (Å²) >= 11 is 0. The average Bonchev–Trinajstić information content (AvgIpc) is 3.93. The van der Waals surface area contributed by atoms with Crippen molar-refractivity contribution >= 4 is 50.2 Å². The molecule has 13 rings (SSSR count). The number of H-pyrrole nitrogens is 1. The minimum absolute atomic E-state index is 0.0804. The first-order chi connectivity index (χ1) is 31.8. The van der Waals surface area contributed by atoms with Gasteiger partial charge in [-0.1, -0.05) is 146 Å². The normalized spacial score (nSPS) is 17.4. The molecular weight excluding hydrogens is 783 g/mol. The molecule has 2 aliphatic carbocycles. The molecule has 7 nitrogen and oxygen atoms in total. The SMILES string of the molecule is C1=CC(N2C3=C(C=CC4c5ccccc5N(c5cccc(-c6nc(-c7ccccc7)nc(-c7ccccc7)n6)c5)C34)N(c3ccccc3)c3c2ccc2c3[nH]c3ccccc32)=CCC1. The third-order valence-electron chi connectivity index (χ3n) is 13.1. The van der Waals surface area contributed by atoms with Crippen molar-refractivity contribution in [2.75, 3.05) is 14.7 Å². The standard InChI is InChI=1S/C57H41N7/c1-5-18-37(19-6-1)55-59-56(38-20-7-2-8-21-38)61-57(60-55)39-22-17-27-42(36-39)64-48-31-16-14-29-44(48)46-33-35-50-54(52(46)64)63(41-25-11-4-12-26-41)49-34-32-45-43-28-13-15-30-47(43)58-51(45)53(49)62(50)40-23-9-3-10-24-40/h1-3,5-11,13-36,46,52,58H,4,12H2. The van der Waals surface area contributed by atoms with Crippen molar-refractivity contribution in [3.63, 3.8) is 0 Å². The summed E-state index contributed by atoms with van der Waals surface area (Å²) in [5.41, 5.74) is 15.6. The van der Waals surface area contributed by atoms with Gasteiger partial charge in [-0.15, -0.1) is 0 Å². The van der Waals surface area contributed by atoms with Gasteiger partial charge in [0, 0.05) is 61.7 Å². The molecule has 2 unspecified atom stereocenters. The maximum Gasteiger partial charge on any atom is 0.164 e. The minimum atomic E-state index is -0.0974. The molecule has 0 saturated carbocycles. The van der Waals surface area contributed by atoms with Crippen LogP contribution in [0.3, 0.4) is 0 Å². The minimum Gasteiger partial charge on any atom is -0.353 e. The zero-order chi connectivity index (χ0) is 42.1. The van der Waals surface area contributed by atoms with Gasteiger partial charge in [0.15, 0.2) is 17.5 Å². The van der Waals surface area contributed by atoms with Crippen molar-refractivity contribution in [3.05, 3.63) is 229 Å². The van der Waals surface area contributed by atoms with E-state index < -0.39 is 0 Å². The first-order valence-corrected chi connectivity index (χ1v) is 22.1. The number of para-hydroxylation sites is 3. The van der Waals surface area contributed by atoms with Crippen LogP contribution in [0.4, 0.5) is 28.4 Å². The quantitative estimate of drug-likeness (QED) is 0.180. The van der Waals surface area contributed by atoms with E-state index in [4.69, 9.17) is 15.0 Å². The molecule has 7 aromatic carbocycles. The summed E-state index contributed by atoms with van der Waals surface area (Å²) in [6.45, 7) is 0. The molecule has 304 valence electrons. The van der Waals surface area contributed by atoms with Gasteiger partial charge in [0.25, 0.3) is 0 Å². The van der Waals surface area contributed by atoms with Gasteiger partial charge < -0.3 is 19.7 Å². The zero-order valence-corrected chi connectivity index (χ0v) is 34.9. The fraction of sp³-hybridized carbons (Fsp3) is 0.0702. The first-order valence-electron chi connectivity index (χ1n) is 22.1. The summed E-state index contributed by atoms with van der Waals surface area (Å²) < 4.78 is 0. The average molecular weight is 824 g/mol. The number of hydrogen-bond donors (Lipinski definition) is 1. The van der Waals surface area contributed by atoms with E-state index in [0.29, 0.717) is 17.5 Å². The van der Waals surface area contributed by atoms with Crippen LogP contribution in [0.25, 0.3) is 56.0 Å². The van der Waals surface area contributed by atoms with Crippen LogP contribution in [0.5, 0.6) is 0 Å². The lowest BCUT2D eigenvalue weighted by molar-refractivity contribution is 0.669. The molecule has 0 saturated heterocycles. The van der Waals surface area contributed by atoms with Gasteiger partial charge in [0.2, 0.25) is 0 Å². The highest BCUT2D eigenvalue weighted by atomic mass is 15.3. The van der Waals surface area contributed by atoms with Crippen molar-refractivity contribution in [2.24, 2.45) is 0 Å². The zero-order valence-electron chi connectivity index (χ0n) is 34.9. The molecule has 7 heteroatoms. The van der Waals surface area contributed by atoms with Gasteiger partial charge in [0.1, 0.15) is 0 Å². The van der Waals surface area contributed by atoms with E-state index in [1.807, 2.05) is 36.4 Å². The van der Waals surface area contributed by atoms with E-state index in [0.717, 1.165) is 69.0 Å². The molecule has 0 fully saturated rings. The molecule has 2 aliphatic heterocycles. The lowest BCUT2D eigenvalue weighted by atomic mass is 9.84. The van der Waals surface area contributed by atoms with Crippen LogP contribution < -0.4 is 14.7 Å². The van der Waals surface area contributed by atoms with Crippen LogP contribution in [0.2, 0.25) is 0 Å². The lowest BCUT2D eigenvalue weighted by Gasteiger charge is -2.48. The van der Waals surface area contributed by atoms with Gasteiger partial charge in [-0.3, -0.25) is 0 Å². The van der Waals surface area contributed by atoms with Crippen LogP contribution in [-0.2, 0) is 0 Å². The second kappa shape index (κ2) is 14.7. The van der Waals surface area contributed by atoms with Gasteiger partial charge in [-0.25, -0.2) is 15.0 Å². The molecule has 0 amide bonds. The molecule has 2 aromatic heterocycles. The van der Waals surface area contributed by atoms with Crippen molar-refractivity contribution in [1.29, 1.82) is 0 Å². The van der Waals surface area contributed by atoms with E-state index in [9.17, 15) is 0 Å². The molecule has 4 heterocycles. The van der Waals surface area contributed by atoms with E-state index in [2.05, 4.69) is 190 Å². The van der Waals surface area contributed by atoms with Crippen molar-refractivity contribution in [2.45, 2.75) is 24.8 Å². The Kier molecular flexibility index (Phi) is 8.34. The van der Waals surface area contributed by atoms with Gasteiger partial charge in [-0.05, 0) is 79.1 Å². The van der Waals surface area contributed by atoms with Gasteiger partial charge in [-0.2, -0.15) is 0 Å². The molecule has 64 heavy (non-hydrogen) atoms. The Morgan fingerprint density at radius 1 is 0.516 bits per heavy atom. The number of allylic oxidation sites excluding steroid dienone is 4. The van der Waals surface area contributed by atoms with E-state index in [-0.39, 0.29) is 12.0 Å². The topological polar surface area (TPSA) is 64.2 Å². The van der Waals surface area contributed by atoms with Crippen LogP contribution in [-0.4, -0.2) is 26.0 Å². The number of benzene rings is 7. The third kappa shape index (κ3) is 5.71. The Bertz CT molecular complexity index is 3360. The molecule has 2 atom stereocenters. The van der Waals surface area contributed by atoms with Gasteiger partial charge >= 0.3 is 0 Å². The fourth-order valence-electron chi connectivity index (χ4n) is 10.3. The Morgan fingerprint density at radius 3 is 1.92 bits per heavy atom. The Hall–Kier alpha value is -8.29. The summed E-state index contributed by atoms with van der Waals surface area (Å²) in [6.07, 6.45) is 13.9. The number of aromatic amines is 1. The number of nitrogens with zero attached hydrogens (tertiary/aromatic N) is 6. The molecule has 0 radical (unpaired) electrons. The van der Waals surface area contributed by atoms with Crippen molar-refractivity contribution in [3.8, 4) is 34.2 Å². The van der Waals surface area contributed by atoms with Crippen LogP contribution in [0.15, 0.2) is 223 Å². The second-order valence-electron chi connectivity index (χ2n) is 16.8. The number of fused-ring (bicyclic) bond motifs is 9. The fourth-order valence-corrected chi connectivity index (χ4v) is 10.3. The summed E-state index contributed by atoms with van der Waals surface area (Å²) in [7, 11) is 0. The largest absolute Gasteiger partial charge is 0.353 e. The summed E-state index contributed by atoms with van der Waals surface area (Å²) in [4.78, 5) is 26.8. The Balaban J connectivity index is 1.04. The highest BCUT2D eigenvalue weighted by Gasteiger charge is 2.48. The third-order valence-corrected chi connectivity index (χ3v) is 13.1. The van der Waals surface area contributed by atoms with Gasteiger partial charge in [0.05, 0.1) is 34.3 Å². The summed E-state index contributed by atoms with van der Waals surface area (Å²) in [5.74, 6) is 2.00. The number of anilines is 5. The number of hydrogen-bond acceptors (Lipinski definition) is 6.